The van der Waals surface area contributed by atoms with Crippen LogP contribution in [0.15, 0.2) is 12.1 Å². The average molecular weight is 296 g/mol. The summed E-state index contributed by atoms with van der Waals surface area (Å²) in [6.45, 7) is 11.8. The van der Waals surface area contributed by atoms with E-state index in [0.29, 0.717) is 6.04 Å². The van der Waals surface area contributed by atoms with Gasteiger partial charge in [-0.2, -0.15) is 0 Å². The van der Waals surface area contributed by atoms with Crippen LogP contribution in [0, 0.1) is 11.8 Å². The molecule has 2 rings (SSSR count). The zero-order valence-electron chi connectivity index (χ0n) is 13.0. The molecule has 3 nitrogen and oxygen atoms in total. The van der Waals surface area contributed by atoms with Crippen molar-refractivity contribution in [2.45, 2.75) is 46.7 Å². The first-order valence-electron chi connectivity index (χ1n) is 7.61. The summed E-state index contributed by atoms with van der Waals surface area (Å²) in [5, 5.41) is 4.13. The van der Waals surface area contributed by atoms with Crippen molar-refractivity contribution in [1.82, 2.24) is 10.3 Å². The molecule has 2 heterocycles. The molecular formula is C16H26ClN3. The van der Waals surface area contributed by atoms with Crippen LogP contribution in [0.1, 0.15) is 39.8 Å². The van der Waals surface area contributed by atoms with Gasteiger partial charge in [0.2, 0.25) is 0 Å². The fourth-order valence-corrected chi connectivity index (χ4v) is 2.72. The maximum atomic E-state index is 6.25. The number of anilines is 1. The number of hydrogen-bond acceptors (Lipinski definition) is 3. The standard InChI is InChI=1S/C16H26ClN3/c1-11(2)18-9-15-14(17)5-6-16(19-15)20-8-7-12(3)13(4)10-20/h5-6,11-13,18H,7-10H2,1-4H3. The highest BCUT2D eigenvalue weighted by molar-refractivity contribution is 6.31. The molecule has 2 unspecified atom stereocenters. The second-order valence-electron chi connectivity index (χ2n) is 6.32. The van der Waals surface area contributed by atoms with E-state index in [1.165, 1.54) is 6.42 Å². The third kappa shape index (κ3) is 3.86. The molecule has 2 atom stereocenters. The molecule has 4 heteroatoms. The van der Waals surface area contributed by atoms with Gasteiger partial charge in [-0.1, -0.05) is 39.3 Å². The highest BCUT2D eigenvalue weighted by Gasteiger charge is 2.23. The number of nitrogens with one attached hydrogen (secondary N) is 1. The molecule has 1 aromatic heterocycles. The van der Waals surface area contributed by atoms with Crippen molar-refractivity contribution in [3.05, 3.63) is 22.8 Å². The summed E-state index contributed by atoms with van der Waals surface area (Å²) in [4.78, 5) is 7.15. The highest BCUT2D eigenvalue weighted by atomic mass is 35.5. The average Bonchev–Trinajstić information content (AvgIpc) is 2.41. The fourth-order valence-electron chi connectivity index (χ4n) is 2.54. The van der Waals surface area contributed by atoms with Gasteiger partial charge >= 0.3 is 0 Å². The third-order valence-corrected chi connectivity index (χ3v) is 4.58. The SMILES string of the molecule is CC(C)NCc1nc(N2CCC(C)C(C)C2)ccc1Cl. The largest absolute Gasteiger partial charge is 0.356 e. The Kier molecular flexibility index (Phi) is 5.28. The Hall–Kier alpha value is -0.800. The van der Waals surface area contributed by atoms with E-state index in [9.17, 15) is 0 Å². The van der Waals surface area contributed by atoms with Gasteiger partial charge in [-0.25, -0.2) is 4.98 Å². The predicted molar refractivity (Wildman–Crippen MR) is 86.4 cm³/mol. The summed E-state index contributed by atoms with van der Waals surface area (Å²) in [7, 11) is 0. The van der Waals surface area contributed by atoms with Gasteiger partial charge in [-0.3, -0.25) is 0 Å². The summed E-state index contributed by atoms with van der Waals surface area (Å²) in [6, 6.07) is 4.46. The maximum Gasteiger partial charge on any atom is 0.128 e. The lowest BCUT2D eigenvalue weighted by atomic mass is 9.89. The zero-order chi connectivity index (χ0) is 14.7. The third-order valence-electron chi connectivity index (χ3n) is 4.24. The van der Waals surface area contributed by atoms with Crippen LogP contribution in [-0.2, 0) is 6.54 Å². The monoisotopic (exact) mass is 295 g/mol. The Morgan fingerprint density at radius 3 is 2.75 bits per heavy atom. The second kappa shape index (κ2) is 6.77. The van der Waals surface area contributed by atoms with E-state index in [4.69, 9.17) is 16.6 Å². The van der Waals surface area contributed by atoms with Crippen molar-refractivity contribution in [3.8, 4) is 0 Å². The molecule has 1 fully saturated rings. The van der Waals surface area contributed by atoms with E-state index >= 15 is 0 Å². The smallest absolute Gasteiger partial charge is 0.128 e. The Morgan fingerprint density at radius 1 is 1.35 bits per heavy atom. The Labute approximate surface area is 127 Å². The summed E-state index contributed by atoms with van der Waals surface area (Å²) < 4.78 is 0. The molecule has 112 valence electrons. The lowest BCUT2D eigenvalue weighted by Gasteiger charge is -2.36. The normalized spacial score (nSPS) is 23.4. The number of hydrogen-bond donors (Lipinski definition) is 1. The molecule has 1 aliphatic rings. The van der Waals surface area contributed by atoms with Crippen LogP contribution < -0.4 is 10.2 Å². The Bertz CT molecular complexity index is 447. The molecule has 0 spiro atoms. The van der Waals surface area contributed by atoms with Crippen LogP contribution >= 0.6 is 11.6 Å². The maximum absolute atomic E-state index is 6.25. The van der Waals surface area contributed by atoms with Gasteiger partial charge in [0.1, 0.15) is 5.82 Å². The number of rotatable bonds is 4. The molecule has 20 heavy (non-hydrogen) atoms. The van der Waals surface area contributed by atoms with Gasteiger partial charge in [-0.15, -0.1) is 0 Å². The summed E-state index contributed by atoms with van der Waals surface area (Å²) in [5.41, 5.74) is 0.948. The highest BCUT2D eigenvalue weighted by Crippen LogP contribution is 2.27. The molecule has 1 saturated heterocycles. The molecular weight excluding hydrogens is 270 g/mol. The van der Waals surface area contributed by atoms with Crippen LogP contribution in [0.4, 0.5) is 5.82 Å². The minimum absolute atomic E-state index is 0.437. The topological polar surface area (TPSA) is 28.2 Å². The van der Waals surface area contributed by atoms with Crippen LogP contribution in [0.5, 0.6) is 0 Å². The molecule has 0 saturated carbocycles. The number of nitrogens with zero attached hydrogens (tertiary/aromatic N) is 2. The lowest BCUT2D eigenvalue weighted by Crippen LogP contribution is -2.39. The fraction of sp³-hybridized carbons (Fsp3) is 0.688. The summed E-state index contributed by atoms with van der Waals surface area (Å²) >= 11 is 6.25. The first kappa shape index (κ1) is 15.6. The van der Waals surface area contributed by atoms with Gasteiger partial charge in [0.25, 0.3) is 0 Å². The van der Waals surface area contributed by atoms with E-state index in [0.717, 1.165) is 48.0 Å². The van der Waals surface area contributed by atoms with E-state index in [2.05, 4.69) is 37.9 Å². The van der Waals surface area contributed by atoms with Gasteiger partial charge in [0, 0.05) is 25.7 Å². The van der Waals surface area contributed by atoms with Gasteiger partial charge in [0.05, 0.1) is 10.7 Å². The number of halogens is 1. The number of pyridine rings is 1. The molecule has 1 aliphatic heterocycles. The van der Waals surface area contributed by atoms with Crippen molar-refractivity contribution in [1.29, 1.82) is 0 Å². The lowest BCUT2D eigenvalue weighted by molar-refractivity contribution is 0.322. The molecule has 0 amide bonds. The van der Waals surface area contributed by atoms with Crippen molar-refractivity contribution in [2.24, 2.45) is 11.8 Å². The minimum atomic E-state index is 0.437. The molecule has 0 bridgehead atoms. The van der Waals surface area contributed by atoms with Gasteiger partial charge in [-0.05, 0) is 30.4 Å². The molecule has 0 radical (unpaired) electrons. The molecule has 0 aliphatic carbocycles. The van der Waals surface area contributed by atoms with Crippen molar-refractivity contribution in [2.75, 3.05) is 18.0 Å². The Balaban J connectivity index is 2.10. The summed E-state index contributed by atoms with van der Waals surface area (Å²) in [6.07, 6.45) is 1.24. The van der Waals surface area contributed by atoms with Crippen LogP contribution in [0.25, 0.3) is 0 Å². The van der Waals surface area contributed by atoms with E-state index in [-0.39, 0.29) is 0 Å². The van der Waals surface area contributed by atoms with Crippen LogP contribution in [0.3, 0.4) is 0 Å². The summed E-state index contributed by atoms with van der Waals surface area (Å²) in [5.74, 6) is 2.59. The minimum Gasteiger partial charge on any atom is -0.356 e. The zero-order valence-corrected chi connectivity index (χ0v) is 13.7. The first-order chi connectivity index (χ1) is 9.47. The quantitative estimate of drug-likeness (QED) is 0.918. The van der Waals surface area contributed by atoms with Crippen molar-refractivity contribution < 1.29 is 0 Å². The predicted octanol–water partition coefficient (Wildman–Crippen LogP) is 3.72. The van der Waals surface area contributed by atoms with Crippen LogP contribution in [-0.4, -0.2) is 24.1 Å². The second-order valence-corrected chi connectivity index (χ2v) is 6.73. The molecule has 1 aromatic rings. The van der Waals surface area contributed by atoms with E-state index < -0.39 is 0 Å². The van der Waals surface area contributed by atoms with Crippen LogP contribution in [0.2, 0.25) is 5.02 Å². The van der Waals surface area contributed by atoms with Crippen molar-refractivity contribution >= 4 is 17.4 Å². The Morgan fingerprint density at radius 2 is 2.10 bits per heavy atom. The molecule has 1 N–H and O–H groups in total. The number of aromatic nitrogens is 1. The molecule has 0 aromatic carbocycles. The van der Waals surface area contributed by atoms with Gasteiger partial charge < -0.3 is 10.2 Å². The first-order valence-corrected chi connectivity index (χ1v) is 7.99. The van der Waals surface area contributed by atoms with E-state index in [1.807, 2.05) is 12.1 Å². The van der Waals surface area contributed by atoms with Crippen molar-refractivity contribution in [3.63, 3.8) is 0 Å². The van der Waals surface area contributed by atoms with Gasteiger partial charge in [0.15, 0.2) is 0 Å². The number of piperidine rings is 1. The van der Waals surface area contributed by atoms with E-state index in [1.54, 1.807) is 0 Å².